The summed E-state index contributed by atoms with van der Waals surface area (Å²) in [6.07, 6.45) is 0. The zero-order valence-corrected chi connectivity index (χ0v) is 9.31. The highest BCUT2D eigenvalue weighted by Crippen LogP contribution is 2.35. The minimum Gasteiger partial charge on any atom is -0.397 e. The lowest BCUT2D eigenvalue weighted by Gasteiger charge is -1.99. The first kappa shape index (κ1) is 9.92. The fraction of sp³-hybridized carbons (Fsp3) is 0.200. The first-order valence-electron chi connectivity index (χ1n) is 4.46. The number of amides is 1. The number of rotatable bonds is 1. The Balaban J connectivity index is 2.88. The van der Waals surface area contributed by atoms with E-state index in [1.807, 2.05) is 19.9 Å². The number of primary amides is 1. The van der Waals surface area contributed by atoms with Gasteiger partial charge in [0, 0.05) is 21.5 Å². The molecule has 2 rings (SSSR count). The first-order chi connectivity index (χ1) is 7.00. The van der Waals surface area contributed by atoms with Gasteiger partial charge in [-0.15, -0.1) is 11.3 Å². The quantitative estimate of drug-likeness (QED) is 0.767. The lowest BCUT2D eigenvalue weighted by atomic mass is 10.2. The molecule has 0 fully saturated rings. The van der Waals surface area contributed by atoms with Gasteiger partial charge in [-0.1, -0.05) is 0 Å². The van der Waals surface area contributed by atoms with E-state index in [4.69, 9.17) is 11.5 Å². The number of nitrogens with two attached hydrogens (primary N) is 2. The second-order valence-corrected chi connectivity index (χ2v) is 4.48. The van der Waals surface area contributed by atoms with Crippen molar-refractivity contribution in [3.8, 4) is 0 Å². The molecule has 2 aromatic rings. The summed E-state index contributed by atoms with van der Waals surface area (Å²) in [5.41, 5.74) is 13.3. The molecule has 0 saturated heterocycles. The molecule has 2 aromatic heterocycles. The summed E-state index contributed by atoms with van der Waals surface area (Å²) in [5.74, 6) is -0.481. The molecule has 0 bridgehead atoms. The second-order valence-electron chi connectivity index (χ2n) is 3.43. The third kappa shape index (κ3) is 1.45. The summed E-state index contributed by atoms with van der Waals surface area (Å²) in [6, 6.07) is 1.91. The van der Waals surface area contributed by atoms with Gasteiger partial charge in [-0.05, 0) is 19.9 Å². The van der Waals surface area contributed by atoms with Gasteiger partial charge >= 0.3 is 0 Å². The summed E-state index contributed by atoms with van der Waals surface area (Å²) >= 11 is 1.32. The maximum atomic E-state index is 11.1. The monoisotopic (exact) mass is 221 g/mol. The molecule has 0 spiro atoms. The summed E-state index contributed by atoms with van der Waals surface area (Å²) in [7, 11) is 0. The highest BCUT2D eigenvalue weighted by atomic mass is 32.1. The number of hydrogen-bond acceptors (Lipinski definition) is 4. The zero-order chi connectivity index (χ0) is 11.2. The number of pyridine rings is 1. The number of carbonyl (C=O) groups is 1. The molecule has 0 aliphatic heterocycles. The van der Waals surface area contributed by atoms with Crippen LogP contribution in [0.15, 0.2) is 6.07 Å². The predicted molar refractivity (Wildman–Crippen MR) is 62.0 cm³/mol. The van der Waals surface area contributed by atoms with Crippen LogP contribution in [0.2, 0.25) is 0 Å². The standard InChI is InChI=1S/C10H11N3OS/c1-4-3-6-7(5(2)13-4)8(11)9(15-6)10(12)14/h3H,11H2,1-2H3,(H2,12,14). The number of aromatic nitrogens is 1. The summed E-state index contributed by atoms with van der Waals surface area (Å²) < 4.78 is 0.964. The minimum absolute atomic E-state index is 0.417. The van der Waals surface area contributed by atoms with E-state index in [0.29, 0.717) is 10.6 Å². The van der Waals surface area contributed by atoms with Crippen LogP contribution in [0.1, 0.15) is 21.1 Å². The van der Waals surface area contributed by atoms with Gasteiger partial charge in [0.15, 0.2) is 0 Å². The average Bonchev–Trinajstić information content (AvgIpc) is 2.42. The summed E-state index contributed by atoms with van der Waals surface area (Å²) in [5, 5.41) is 0.847. The fourth-order valence-corrected chi connectivity index (χ4v) is 2.78. The molecule has 4 N–H and O–H groups in total. The second kappa shape index (κ2) is 3.20. The topological polar surface area (TPSA) is 82.0 Å². The predicted octanol–water partition coefficient (Wildman–Crippen LogP) is 1.59. The van der Waals surface area contributed by atoms with Crippen LogP contribution in [0, 0.1) is 13.8 Å². The number of carbonyl (C=O) groups excluding carboxylic acids is 1. The van der Waals surface area contributed by atoms with E-state index < -0.39 is 5.91 Å². The molecule has 0 radical (unpaired) electrons. The lowest BCUT2D eigenvalue weighted by molar-refractivity contribution is 0.100. The van der Waals surface area contributed by atoms with Crippen LogP contribution in [-0.4, -0.2) is 10.9 Å². The highest BCUT2D eigenvalue weighted by molar-refractivity contribution is 7.21. The molecule has 15 heavy (non-hydrogen) atoms. The average molecular weight is 221 g/mol. The maximum absolute atomic E-state index is 11.1. The van der Waals surface area contributed by atoms with Gasteiger partial charge in [-0.2, -0.15) is 0 Å². The Morgan fingerprint density at radius 3 is 2.73 bits per heavy atom. The molecule has 0 aromatic carbocycles. The Hall–Kier alpha value is -1.62. The minimum atomic E-state index is -0.481. The molecule has 0 aliphatic carbocycles. The Morgan fingerprint density at radius 1 is 1.47 bits per heavy atom. The molecule has 0 unspecified atom stereocenters. The lowest BCUT2D eigenvalue weighted by Crippen LogP contribution is -2.10. The molecule has 2 heterocycles. The van der Waals surface area contributed by atoms with Crippen molar-refractivity contribution in [2.24, 2.45) is 5.73 Å². The van der Waals surface area contributed by atoms with E-state index in [1.54, 1.807) is 0 Å². The SMILES string of the molecule is Cc1cc2sc(C(N)=O)c(N)c2c(C)n1. The molecule has 5 heteroatoms. The smallest absolute Gasteiger partial charge is 0.260 e. The third-order valence-corrected chi connectivity index (χ3v) is 3.41. The number of nitrogen functional groups attached to an aromatic ring is 1. The van der Waals surface area contributed by atoms with E-state index in [9.17, 15) is 4.79 Å². The van der Waals surface area contributed by atoms with Crippen molar-refractivity contribution in [2.45, 2.75) is 13.8 Å². The van der Waals surface area contributed by atoms with Gasteiger partial charge in [0.05, 0.1) is 5.69 Å². The first-order valence-corrected chi connectivity index (χ1v) is 5.28. The van der Waals surface area contributed by atoms with Gasteiger partial charge in [-0.25, -0.2) is 0 Å². The van der Waals surface area contributed by atoms with Gasteiger partial charge in [0.25, 0.3) is 5.91 Å². The van der Waals surface area contributed by atoms with Crippen LogP contribution in [0.3, 0.4) is 0 Å². The number of anilines is 1. The van der Waals surface area contributed by atoms with Crippen molar-refractivity contribution < 1.29 is 4.79 Å². The zero-order valence-electron chi connectivity index (χ0n) is 8.50. The number of thiophene rings is 1. The van der Waals surface area contributed by atoms with Gasteiger partial charge < -0.3 is 11.5 Å². The van der Waals surface area contributed by atoms with E-state index in [1.165, 1.54) is 11.3 Å². The van der Waals surface area contributed by atoms with Crippen LogP contribution in [0.25, 0.3) is 10.1 Å². The van der Waals surface area contributed by atoms with Crippen molar-refractivity contribution in [2.75, 3.05) is 5.73 Å². The molecular weight excluding hydrogens is 210 g/mol. The number of aryl methyl sites for hydroxylation is 2. The highest BCUT2D eigenvalue weighted by Gasteiger charge is 2.15. The van der Waals surface area contributed by atoms with Crippen LogP contribution in [0.4, 0.5) is 5.69 Å². The van der Waals surface area contributed by atoms with Gasteiger partial charge in [0.1, 0.15) is 4.88 Å². The Kier molecular flexibility index (Phi) is 2.12. The van der Waals surface area contributed by atoms with Crippen LogP contribution < -0.4 is 11.5 Å². The molecule has 4 nitrogen and oxygen atoms in total. The van der Waals surface area contributed by atoms with Crippen LogP contribution >= 0.6 is 11.3 Å². The maximum Gasteiger partial charge on any atom is 0.260 e. The fourth-order valence-electron chi connectivity index (χ4n) is 1.66. The number of fused-ring (bicyclic) bond motifs is 1. The van der Waals surface area contributed by atoms with Crippen molar-refractivity contribution in [3.63, 3.8) is 0 Å². The third-order valence-electron chi connectivity index (χ3n) is 2.24. The van der Waals surface area contributed by atoms with E-state index in [0.717, 1.165) is 21.5 Å². The normalized spacial score (nSPS) is 10.8. The van der Waals surface area contributed by atoms with Crippen molar-refractivity contribution in [3.05, 3.63) is 22.3 Å². The Morgan fingerprint density at radius 2 is 2.13 bits per heavy atom. The molecule has 0 atom stereocenters. The molecular formula is C10H11N3OS. The van der Waals surface area contributed by atoms with Gasteiger partial charge in [0.2, 0.25) is 0 Å². The Bertz CT molecular complexity index is 559. The molecule has 78 valence electrons. The van der Waals surface area contributed by atoms with Crippen LogP contribution in [0.5, 0.6) is 0 Å². The van der Waals surface area contributed by atoms with E-state index >= 15 is 0 Å². The summed E-state index contributed by atoms with van der Waals surface area (Å²) in [6.45, 7) is 3.79. The number of hydrogen-bond donors (Lipinski definition) is 2. The van der Waals surface area contributed by atoms with Crippen LogP contribution in [-0.2, 0) is 0 Å². The van der Waals surface area contributed by atoms with Gasteiger partial charge in [-0.3, -0.25) is 9.78 Å². The van der Waals surface area contributed by atoms with E-state index in [-0.39, 0.29) is 0 Å². The van der Waals surface area contributed by atoms with Crippen molar-refractivity contribution in [1.29, 1.82) is 0 Å². The van der Waals surface area contributed by atoms with E-state index in [2.05, 4.69) is 4.98 Å². The summed E-state index contributed by atoms with van der Waals surface area (Å²) in [4.78, 5) is 15.8. The molecule has 1 amide bonds. The molecule has 0 saturated carbocycles. The Labute approximate surface area is 90.9 Å². The van der Waals surface area contributed by atoms with Crippen molar-refractivity contribution in [1.82, 2.24) is 4.98 Å². The number of nitrogens with zero attached hydrogens (tertiary/aromatic N) is 1. The molecule has 0 aliphatic rings. The van der Waals surface area contributed by atoms with Crippen molar-refractivity contribution >= 4 is 33.0 Å². The largest absolute Gasteiger partial charge is 0.397 e.